The highest BCUT2D eigenvalue weighted by atomic mass is 17.0. The van der Waals surface area contributed by atoms with Crippen molar-refractivity contribution in [2.45, 2.75) is 33.6 Å². The molecule has 0 saturated carbocycles. The highest BCUT2D eigenvalue weighted by Gasteiger charge is 2.04. The second kappa shape index (κ2) is 5.73. The SMILES string of the molecule is Cc1cccc(C)c1C(C)C.OO. The van der Waals surface area contributed by atoms with E-state index in [0.29, 0.717) is 5.92 Å². The maximum atomic E-state index is 6.00. The van der Waals surface area contributed by atoms with E-state index in [4.69, 9.17) is 10.5 Å². The summed E-state index contributed by atoms with van der Waals surface area (Å²) in [6, 6.07) is 6.49. The van der Waals surface area contributed by atoms with Crippen LogP contribution in [-0.4, -0.2) is 10.5 Å². The lowest BCUT2D eigenvalue weighted by atomic mass is 9.94. The molecule has 0 aliphatic carbocycles. The quantitative estimate of drug-likeness (QED) is 0.516. The van der Waals surface area contributed by atoms with Crippen LogP contribution in [0.15, 0.2) is 18.2 Å². The molecule has 74 valence electrons. The van der Waals surface area contributed by atoms with Crippen LogP contribution in [0.25, 0.3) is 0 Å². The summed E-state index contributed by atoms with van der Waals surface area (Å²) in [5.74, 6) is 0.649. The molecular formula is C11H18O2. The third kappa shape index (κ3) is 3.17. The van der Waals surface area contributed by atoms with Crippen molar-refractivity contribution in [2.24, 2.45) is 0 Å². The van der Waals surface area contributed by atoms with Gasteiger partial charge in [-0.25, -0.2) is 0 Å². The first-order valence-corrected chi connectivity index (χ1v) is 4.39. The molecule has 2 heteroatoms. The van der Waals surface area contributed by atoms with Crippen LogP contribution in [0.1, 0.15) is 36.5 Å². The molecule has 1 aromatic carbocycles. The fraction of sp³-hybridized carbons (Fsp3) is 0.455. The first-order chi connectivity index (χ1) is 6.13. The molecule has 1 rings (SSSR count). The average molecular weight is 182 g/mol. The minimum absolute atomic E-state index is 0.649. The average Bonchev–Trinajstić information content (AvgIpc) is 2.07. The topological polar surface area (TPSA) is 40.5 Å². The zero-order chi connectivity index (χ0) is 10.4. The van der Waals surface area contributed by atoms with Gasteiger partial charge >= 0.3 is 0 Å². The van der Waals surface area contributed by atoms with Crippen LogP contribution in [-0.2, 0) is 0 Å². The predicted octanol–water partition coefficient (Wildman–Crippen LogP) is 3.44. The Morgan fingerprint density at radius 1 is 1.00 bits per heavy atom. The number of hydrogen-bond donors (Lipinski definition) is 2. The van der Waals surface area contributed by atoms with E-state index in [9.17, 15) is 0 Å². The summed E-state index contributed by atoms with van der Waals surface area (Å²) >= 11 is 0. The van der Waals surface area contributed by atoms with Gasteiger partial charge in [0.1, 0.15) is 0 Å². The van der Waals surface area contributed by atoms with E-state index in [0.717, 1.165) is 0 Å². The smallest absolute Gasteiger partial charge is 0.0214 e. The van der Waals surface area contributed by atoms with Crippen molar-refractivity contribution in [3.05, 3.63) is 34.9 Å². The minimum Gasteiger partial charge on any atom is -0.255 e. The van der Waals surface area contributed by atoms with Gasteiger partial charge in [0.05, 0.1) is 0 Å². The largest absolute Gasteiger partial charge is 0.255 e. The second-order valence-corrected chi connectivity index (χ2v) is 3.46. The van der Waals surface area contributed by atoms with Gasteiger partial charge in [-0.15, -0.1) is 0 Å². The molecule has 2 N–H and O–H groups in total. The van der Waals surface area contributed by atoms with E-state index in [-0.39, 0.29) is 0 Å². The third-order valence-corrected chi connectivity index (χ3v) is 2.12. The highest BCUT2D eigenvalue weighted by Crippen LogP contribution is 2.22. The Morgan fingerprint density at radius 2 is 1.38 bits per heavy atom. The van der Waals surface area contributed by atoms with E-state index in [1.807, 2.05) is 0 Å². The van der Waals surface area contributed by atoms with Crippen LogP contribution in [0.2, 0.25) is 0 Å². The summed E-state index contributed by atoms with van der Waals surface area (Å²) in [7, 11) is 0. The van der Waals surface area contributed by atoms with Gasteiger partial charge in [-0.2, -0.15) is 0 Å². The van der Waals surface area contributed by atoms with Crippen molar-refractivity contribution in [1.29, 1.82) is 0 Å². The van der Waals surface area contributed by atoms with E-state index in [2.05, 4.69) is 45.9 Å². The van der Waals surface area contributed by atoms with Crippen LogP contribution in [0.3, 0.4) is 0 Å². The molecule has 2 nitrogen and oxygen atoms in total. The Balaban J connectivity index is 0.000000671. The normalized spacial score (nSPS) is 9.46. The Hall–Kier alpha value is -0.860. The molecule has 0 bridgehead atoms. The molecule has 0 radical (unpaired) electrons. The number of hydrogen-bond acceptors (Lipinski definition) is 2. The fourth-order valence-electron chi connectivity index (χ4n) is 1.74. The zero-order valence-electron chi connectivity index (χ0n) is 8.70. The van der Waals surface area contributed by atoms with Crippen LogP contribution in [0.4, 0.5) is 0 Å². The lowest BCUT2D eigenvalue weighted by Gasteiger charge is -2.12. The molecule has 0 aromatic heterocycles. The van der Waals surface area contributed by atoms with Crippen molar-refractivity contribution in [3.63, 3.8) is 0 Å². The van der Waals surface area contributed by atoms with Crippen LogP contribution < -0.4 is 0 Å². The summed E-state index contributed by atoms with van der Waals surface area (Å²) in [6.07, 6.45) is 0. The lowest BCUT2D eigenvalue weighted by Crippen LogP contribution is -1.94. The van der Waals surface area contributed by atoms with E-state index < -0.39 is 0 Å². The maximum absolute atomic E-state index is 6.00. The predicted molar refractivity (Wildman–Crippen MR) is 55.3 cm³/mol. The Kier molecular flexibility index (Phi) is 5.35. The molecule has 1 aromatic rings. The fourth-order valence-corrected chi connectivity index (χ4v) is 1.74. The molecule has 0 aliphatic heterocycles. The summed E-state index contributed by atoms with van der Waals surface area (Å²) < 4.78 is 0. The highest BCUT2D eigenvalue weighted by molar-refractivity contribution is 5.35. The first-order valence-electron chi connectivity index (χ1n) is 4.39. The molecule has 0 fully saturated rings. The second-order valence-electron chi connectivity index (χ2n) is 3.46. The van der Waals surface area contributed by atoms with Crippen molar-refractivity contribution in [3.8, 4) is 0 Å². The van der Waals surface area contributed by atoms with E-state index >= 15 is 0 Å². The van der Waals surface area contributed by atoms with Gasteiger partial charge in [0.25, 0.3) is 0 Å². The molecule has 13 heavy (non-hydrogen) atoms. The third-order valence-electron chi connectivity index (χ3n) is 2.12. The minimum atomic E-state index is 0.649. The van der Waals surface area contributed by atoms with Crippen molar-refractivity contribution < 1.29 is 10.5 Å². The number of aryl methyl sites for hydroxylation is 2. The van der Waals surface area contributed by atoms with Gasteiger partial charge in [-0.1, -0.05) is 32.0 Å². The standard InChI is InChI=1S/C11H16.H2O2/c1-8(2)11-9(3)6-5-7-10(11)4;1-2/h5-8H,1-4H3;1-2H. The van der Waals surface area contributed by atoms with Gasteiger partial charge in [-0.05, 0) is 36.5 Å². The molecule has 0 spiro atoms. The summed E-state index contributed by atoms with van der Waals surface area (Å²) in [6.45, 7) is 8.86. The van der Waals surface area contributed by atoms with Crippen LogP contribution in [0.5, 0.6) is 0 Å². The van der Waals surface area contributed by atoms with Crippen molar-refractivity contribution >= 4 is 0 Å². The van der Waals surface area contributed by atoms with E-state index in [1.54, 1.807) is 0 Å². The van der Waals surface area contributed by atoms with Crippen molar-refractivity contribution in [1.82, 2.24) is 0 Å². The first kappa shape index (κ1) is 12.1. The summed E-state index contributed by atoms with van der Waals surface area (Å²) in [4.78, 5) is 0. The summed E-state index contributed by atoms with van der Waals surface area (Å²) in [5, 5.41) is 12.0. The molecule has 0 unspecified atom stereocenters. The Labute approximate surface area is 79.8 Å². The molecular weight excluding hydrogens is 164 g/mol. The maximum Gasteiger partial charge on any atom is -0.0214 e. The number of rotatable bonds is 1. The zero-order valence-corrected chi connectivity index (χ0v) is 8.70. The Morgan fingerprint density at radius 3 is 1.62 bits per heavy atom. The van der Waals surface area contributed by atoms with Gasteiger partial charge in [0.15, 0.2) is 0 Å². The Bertz CT molecular complexity index is 234. The van der Waals surface area contributed by atoms with E-state index in [1.165, 1.54) is 16.7 Å². The molecule has 0 atom stereocenters. The lowest BCUT2D eigenvalue weighted by molar-refractivity contribution is -0.176. The molecule has 0 heterocycles. The van der Waals surface area contributed by atoms with Gasteiger partial charge < -0.3 is 0 Å². The number of benzene rings is 1. The van der Waals surface area contributed by atoms with Gasteiger partial charge in [0.2, 0.25) is 0 Å². The van der Waals surface area contributed by atoms with Crippen molar-refractivity contribution in [2.75, 3.05) is 0 Å². The van der Waals surface area contributed by atoms with Crippen LogP contribution >= 0.6 is 0 Å². The molecule has 0 aliphatic rings. The molecule has 0 saturated heterocycles. The van der Waals surface area contributed by atoms with Gasteiger partial charge in [0, 0.05) is 0 Å². The summed E-state index contributed by atoms with van der Waals surface area (Å²) in [5.41, 5.74) is 4.34. The molecule has 0 amide bonds. The van der Waals surface area contributed by atoms with Gasteiger partial charge in [-0.3, -0.25) is 10.5 Å². The van der Waals surface area contributed by atoms with Crippen LogP contribution in [0, 0.1) is 13.8 Å². The monoisotopic (exact) mass is 182 g/mol.